The van der Waals surface area contributed by atoms with Gasteiger partial charge in [0.05, 0.1) is 17.4 Å². The van der Waals surface area contributed by atoms with Crippen LogP contribution in [0.2, 0.25) is 10.2 Å². The molecule has 2 saturated heterocycles. The van der Waals surface area contributed by atoms with E-state index in [0.717, 1.165) is 50.3 Å². The molecule has 0 atom stereocenters. The highest BCUT2D eigenvalue weighted by molar-refractivity contribution is 6.33. The van der Waals surface area contributed by atoms with Crippen LogP contribution in [0.1, 0.15) is 37.1 Å². The van der Waals surface area contributed by atoms with Crippen molar-refractivity contribution >= 4 is 34.8 Å². The van der Waals surface area contributed by atoms with E-state index in [1.165, 1.54) is 0 Å². The van der Waals surface area contributed by atoms with Gasteiger partial charge in [-0.1, -0.05) is 23.2 Å². The van der Waals surface area contributed by atoms with Crippen molar-refractivity contribution in [1.82, 2.24) is 24.9 Å². The predicted molar refractivity (Wildman–Crippen MR) is 151 cm³/mol. The van der Waals surface area contributed by atoms with Gasteiger partial charge in [0, 0.05) is 57.3 Å². The molecule has 45 heavy (non-hydrogen) atoms. The first-order valence-corrected chi connectivity index (χ1v) is 14.6. The fourth-order valence-electron chi connectivity index (χ4n) is 4.50. The van der Waals surface area contributed by atoms with Gasteiger partial charge in [-0.05, 0) is 37.5 Å². The molecule has 0 bridgehead atoms. The van der Waals surface area contributed by atoms with E-state index in [4.69, 9.17) is 32.7 Å². The van der Waals surface area contributed by atoms with E-state index >= 15 is 0 Å². The van der Waals surface area contributed by atoms with Crippen LogP contribution in [0.3, 0.4) is 0 Å². The van der Waals surface area contributed by atoms with Gasteiger partial charge < -0.3 is 20.1 Å². The zero-order chi connectivity index (χ0) is 32.6. The van der Waals surface area contributed by atoms with Gasteiger partial charge in [0.15, 0.2) is 16.5 Å². The summed E-state index contributed by atoms with van der Waals surface area (Å²) < 4.78 is 101. The summed E-state index contributed by atoms with van der Waals surface area (Å²) in [5.74, 6) is 0.215. The number of halogens is 9. The van der Waals surface area contributed by atoms with Gasteiger partial charge in [-0.15, -0.1) is 0 Å². The van der Waals surface area contributed by atoms with Gasteiger partial charge in [0.1, 0.15) is 17.3 Å². The van der Waals surface area contributed by atoms with Crippen molar-refractivity contribution in [2.45, 2.75) is 38.0 Å². The van der Waals surface area contributed by atoms with Crippen LogP contribution in [0.25, 0.3) is 11.3 Å². The quantitative estimate of drug-likeness (QED) is 0.198. The SMILES string of the molecule is FC(F)(F)c1ncc(NCC2CCOCC2)nc1Cl.Fc1cc(-c2nc(NCC3CCOCC3)cnc2C(F)(F)F)c(Cl)cn1. The Morgan fingerprint density at radius 2 is 1.20 bits per heavy atom. The lowest BCUT2D eigenvalue weighted by molar-refractivity contribution is -0.141. The monoisotopic (exact) mass is 685 g/mol. The van der Waals surface area contributed by atoms with Crippen molar-refractivity contribution in [2.75, 3.05) is 50.2 Å². The van der Waals surface area contributed by atoms with Gasteiger partial charge in [-0.3, -0.25) is 0 Å². The molecule has 3 aromatic heterocycles. The van der Waals surface area contributed by atoms with Gasteiger partial charge >= 0.3 is 12.4 Å². The van der Waals surface area contributed by atoms with Crippen molar-refractivity contribution < 1.29 is 40.2 Å². The summed E-state index contributed by atoms with van der Waals surface area (Å²) in [6.07, 6.45) is -2.77. The molecular formula is C27H28Cl2F7N7O2. The van der Waals surface area contributed by atoms with Crippen LogP contribution in [0.5, 0.6) is 0 Å². The Balaban J connectivity index is 0.000000215. The normalized spacial score (nSPS) is 16.6. The third-order valence-corrected chi connectivity index (χ3v) is 7.51. The molecule has 2 fully saturated rings. The van der Waals surface area contributed by atoms with Crippen LogP contribution in [-0.4, -0.2) is 64.4 Å². The highest BCUT2D eigenvalue weighted by Crippen LogP contribution is 2.38. The number of nitrogens with zero attached hydrogens (tertiary/aromatic N) is 5. The number of hydrogen-bond donors (Lipinski definition) is 2. The lowest BCUT2D eigenvalue weighted by atomic mass is 10.0. The first-order chi connectivity index (χ1) is 21.3. The van der Waals surface area contributed by atoms with Crippen molar-refractivity contribution in [3.8, 4) is 11.3 Å². The maximum Gasteiger partial charge on any atom is 0.436 e. The molecule has 0 aliphatic carbocycles. The molecule has 2 aliphatic rings. The van der Waals surface area contributed by atoms with Crippen LogP contribution >= 0.6 is 23.2 Å². The second kappa shape index (κ2) is 15.5. The molecule has 0 saturated carbocycles. The smallest absolute Gasteiger partial charge is 0.381 e. The first kappa shape index (κ1) is 34.8. The van der Waals surface area contributed by atoms with E-state index in [2.05, 4.69) is 35.6 Å². The fraction of sp³-hybridized carbons (Fsp3) is 0.519. The molecule has 18 heteroatoms. The zero-order valence-corrected chi connectivity index (χ0v) is 25.0. The summed E-state index contributed by atoms with van der Waals surface area (Å²) in [5.41, 5.74) is -3.15. The first-order valence-electron chi connectivity index (χ1n) is 13.8. The summed E-state index contributed by atoms with van der Waals surface area (Å²) in [6, 6.07) is 0.809. The Morgan fingerprint density at radius 1 is 0.711 bits per heavy atom. The Kier molecular flexibility index (Phi) is 12.0. The van der Waals surface area contributed by atoms with E-state index in [-0.39, 0.29) is 22.2 Å². The summed E-state index contributed by atoms with van der Waals surface area (Å²) >= 11 is 11.4. The average Bonchev–Trinajstić information content (AvgIpc) is 3.00. The molecule has 3 aromatic rings. The molecule has 0 amide bonds. The topological polar surface area (TPSA) is 107 Å². The number of nitrogens with one attached hydrogen (secondary N) is 2. The molecule has 246 valence electrons. The maximum absolute atomic E-state index is 13.4. The van der Waals surface area contributed by atoms with Crippen molar-refractivity contribution in [3.63, 3.8) is 0 Å². The predicted octanol–water partition coefficient (Wildman–Crippen LogP) is 7.18. The number of ether oxygens (including phenoxy) is 2. The van der Waals surface area contributed by atoms with Crippen LogP contribution in [-0.2, 0) is 21.8 Å². The highest BCUT2D eigenvalue weighted by Gasteiger charge is 2.38. The standard InChI is InChI=1S/C16H15ClF4N4O.C11H13ClF3N3O/c17-11-7-22-12(18)5-10(11)14-15(16(19,20)21)24-8-13(25-14)23-6-9-1-3-26-4-2-9;12-10-9(11(13,14)15)17-6-8(18-10)16-5-7-1-3-19-4-2-7/h5,7-9H,1-4,6H2,(H,23,25);6-7H,1-5H2,(H,16,18). The Hall–Kier alpha value is -3.08. The Bertz CT molecular complexity index is 1420. The lowest BCUT2D eigenvalue weighted by Crippen LogP contribution is -2.23. The van der Waals surface area contributed by atoms with Crippen LogP contribution < -0.4 is 10.6 Å². The summed E-state index contributed by atoms with van der Waals surface area (Å²) in [4.78, 5) is 17.8. The summed E-state index contributed by atoms with van der Waals surface area (Å²) in [7, 11) is 0. The number of alkyl halides is 6. The fourth-order valence-corrected chi connectivity index (χ4v) is 4.94. The second-order valence-corrected chi connectivity index (χ2v) is 11.0. The number of hydrogen-bond acceptors (Lipinski definition) is 9. The Morgan fingerprint density at radius 3 is 1.69 bits per heavy atom. The van der Waals surface area contributed by atoms with Gasteiger partial charge in [-0.25, -0.2) is 24.9 Å². The number of anilines is 2. The molecule has 0 radical (unpaired) electrons. The third kappa shape index (κ3) is 10.2. The molecule has 0 unspecified atom stereocenters. The Labute approximate surface area is 263 Å². The molecule has 2 aliphatic heterocycles. The van der Waals surface area contributed by atoms with E-state index in [0.29, 0.717) is 51.4 Å². The molecule has 0 aromatic carbocycles. The molecule has 2 N–H and O–H groups in total. The minimum Gasteiger partial charge on any atom is -0.381 e. The molecule has 0 spiro atoms. The summed E-state index contributed by atoms with van der Waals surface area (Å²) in [6.45, 7) is 3.89. The average molecular weight is 686 g/mol. The number of pyridine rings is 1. The van der Waals surface area contributed by atoms with Crippen LogP contribution in [0, 0.1) is 17.8 Å². The van der Waals surface area contributed by atoms with E-state index < -0.39 is 40.5 Å². The summed E-state index contributed by atoms with van der Waals surface area (Å²) in [5, 5.41) is 5.16. The van der Waals surface area contributed by atoms with Gasteiger partial charge in [0.2, 0.25) is 5.95 Å². The third-order valence-electron chi connectivity index (χ3n) is 6.94. The van der Waals surface area contributed by atoms with E-state index in [1.807, 2.05) is 0 Å². The van der Waals surface area contributed by atoms with Crippen LogP contribution in [0.4, 0.5) is 42.4 Å². The molecular weight excluding hydrogens is 658 g/mol. The molecule has 9 nitrogen and oxygen atoms in total. The minimum atomic E-state index is -4.76. The van der Waals surface area contributed by atoms with Crippen LogP contribution in [0.15, 0.2) is 24.7 Å². The van der Waals surface area contributed by atoms with Crippen molar-refractivity contribution in [3.05, 3.63) is 52.2 Å². The van der Waals surface area contributed by atoms with Crippen molar-refractivity contribution in [1.29, 1.82) is 0 Å². The van der Waals surface area contributed by atoms with Crippen molar-refractivity contribution in [2.24, 2.45) is 11.8 Å². The molecule has 5 heterocycles. The number of aromatic nitrogens is 5. The zero-order valence-electron chi connectivity index (χ0n) is 23.5. The van der Waals surface area contributed by atoms with E-state index in [9.17, 15) is 30.7 Å². The molecule has 5 rings (SSSR count). The lowest BCUT2D eigenvalue weighted by Gasteiger charge is -2.22. The highest BCUT2D eigenvalue weighted by atomic mass is 35.5. The second-order valence-electron chi connectivity index (χ2n) is 10.2. The maximum atomic E-state index is 13.4. The van der Waals surface area contributed by atoms with E-state index in [1.54, 1.807) is 0 Å². The minimum absolute atomic E-state index is 0.146. The largest absolute Gasteiger partial charge is 0.436 e. The number of rotatable bonds is 7. The van der Waals surface area contributed by atoms with Gasteiger partial charge in [-0.2, -0.15) is 30.7 Å². The van der Waals surface area contributed by atoms with Gasteiger partial charge in [0.25, 0.3) is 0 Å².